The zero-order valence-electron chi connectivity index (χ0n) is 11.3. The number of esters is 1. The molecule has 0 amide bonds. The van der Waals surface area contributed by atoms with Crippen LogP contribution in [-0.2, 0) is 9.53 Å². The van der Waals surface area contributed by atoms with Gasteiger partial charge in [0.25, 0.3) is 0 Å². The molecule has 3 nitrogen and oxygen atoms in total. The third-order valence-electron chi connectivity index (χ3n) is 3.25. The average Bonchev–Trinajstić information content (AvgIpc) is 2.77. The Labute approximate surface area is 118 Å². The van der Waals surface area contributed by atoms with Gasteiger partial charge in [0, 0.05) is 24.3 Å². The van der Waals surface area contributed by atoms with Crippen molar-refractivity contribution in [3.8, 4) is 0 Å². The maximum absolute atomic E-state index is 12.2. The summed E-state index contributed by atoms with van der Waals surface area (Å²) in [5, 5.41) is 0.626. The summed E-state index contributed by atoms with van der Waals surface area (Å²) in [5.41, 5.74) is 2.51. The first-order valence-corrected chi connectivity index (χ1v) is 6.88. The Kier molecular flexibility index (Phi) is 4.48. The number of benzene rings is 1. The van der Waals surface area contributed by atoms with Crippen molar-refractivity contribution in [3.63, 3.8) is 0 Å². The van der Waals surface area contributed by atoms with E-state index in [1.807, 2.05) is 32.2 Å². The van der Waals surface area contributed by atoms with Crippen molar-refractivity contribution in [2.45, 2.75) is 19.8 Å². The number of ether oxygens (including phenoxy) is 1. The highest BCUT2D eigenvalue weighted by Gasteiger charge is 2.24. The summed E-state index contributed by atoms with van der Waals surface area (Å²) in [6.45, 7) is 3.16. The van der Waals surface area contributed by atoms with E-state index in [2.05, 4.69) is 4.90 Å². The summed E-state index contributed by atoms with van der Waals surface area (Å²) in [4.78, 5) is 14.4. The molecule has 1 aromatic rings. The average molecular weight is 280 g/mol. The monoisotopic (exact) mass is 279 g/mol. The van der Waals surface area contributed by atoms with Crippen LogP contribution in [0.4, 0.5) is 0 Å². The molecule has 1 heterocycles. The van der Waals surface area contributed by atoms with Gasteiger partial charge in [0.05, 0.1) is 12.2 Å². The number of hydrogen-bond acceptors (Lipinski definition) is 3. The highest BCUT2D eigenvalue weighted by atomic mass is 35.5. The van der Waals surface area contributed by atoms with E-state index in [0.717, 1.165) is 30.6 Å². The lowest BCUT2D eigenvalue weighted by molar-refractivity contribution is -0.136. The molecule has 0 bridgehead atoms. The summed E-state index contributed by atoms with van der Waals surface area (Å²) in [6.07, 6.45) is 1.96. The Balaban J connectivity index is 2.49. The maximum atomic E-state index is 12.2. The number of halogens is 1. The number of likely N-dealkylation sites (tertiary alicyclic amines) is 1. The molecular weight excluding hydrogens is 262 g/mol. The van der Waals surface area contributed by atoms with Crippen LogP contribution in [0.2, 0.25) is 5.02 Å². The minimum Gasteiger partial charge on any atom is -0.462 e. The minimum absolute atomic E-state index is 0.270. The molecule has 102 valence electrons. The van der Waals surface area contributed by atoms with Crippen LogP contribution < -0.4 is 0 Å². The van der Waals surface area contributed by atoms with Gasteiger partial charge < -0.3 is 9.64 Å². The summed E-state index contributed by atoms with van der Waals surface area (Å²) >= 11 is 6.03. The molecule has 1 aromatic carbocycles. The molecule has 1 aliphatic rings. The van der Waals surface area contributed by atoms with Crippen molar-refractivity contribution in [2.24, 2.45) is 0 Å². The van der Waals surface area contributed by atoms with E-state index < -0.39 is 0 Å². The fourth-order valence-corrected chi connectivity index (χ4v) is 2.57. The van der Waals surface area contributed by atoms with Crippen LogP contribution in [0.3, 0.4) is 0 Å². The van der Waals surface area contributed by atoms with Gasteiger partial charge in [-0.15, -0.1) is 0 Å². The number of carbonyl (C=O) groups is 1. The third kappa shape index (κ3) is 3.10. The number of rotatable bonds is 3. The Hall–Kier alpha value is -1.48. The van der Waals surface area contributed by atoms with Gasteiger partial charge in [-0.05, 0) is 37.5 Å². The molecule has 0 radical (unpaired) electrons. The Morgan fingerprint density at radius 2 is 2.26 bits per heavy atom. The summed E-state index contributed by atoms with van der Waals surface area (Å²) in [5.74, 6) is -0.270. The first-order valence-electron chi connectivity index (χ1n) is 6.50. The van der Waals surface area contributed by atoms with Gasteiger partial charge in [0.1, 0.15) is 0 Å². The van der Waals surface area contributed by atoms with Crippen LogP contribution in [0.1, 0.15) is 25.3 Å². The topological polar surface area (TPSA) is 29.5 Å². The maximum Gasteiger partial charge on any atom is 0.340 e. The van der Waals surface area contributed by atoms with Crippen molar-refractivity contribution < 1.29 is 9.53 Å². The predicted molar refractivity (Wildman–Crippen MR) is 76.9 cm³/mol. The molecule has 1 saturated heterocycles. The van der Waals surface area contributed by atoms with E-state index >= 15 is 0 Å². The molecule has 2 rings (SSSR count). The number of hydrogen-bond donors (Lipinski definition) is 0. The zero-order valence-corrected chi connectivity index (χ0v) is 12.0. The third-order valence-corrected chi connectivity index (χ3v) is 3.48. The summed E-state index contributed by atoms with van der Waals surface area (Å²) < 4.78 is 5.19. The molecule has 0 aromatic heterocycles. The largest absolute Gasteiger partial charge is 0.462 e. The molecule has 0 aliphatic carbocycles. The highest BCUT2D eigenvalue weighted by Crippen LogP contribution is 2.30. The van der Waals surface area contributed by atoms with Gasteiger partial charge >= 0.3 is 5.97 Å². The Morgan fingerprint density at radius 1 is 1.47 bits per heavy atom. The zero-order chi connectivity index (χ0) is 13.8. The fourth-order valence-electron chi connectivity index (χ4n) is 2.37. The lowest BCUT2D eigenvalue weighted by atomic mass is 10.0. The first-order chi connectivity index (χ1) is 9.13. The predicted octanol–water partition coefficient (Wildman–Crippen LogP) is 3.34. The molecule has 0 N–H and O–H groups in total. The van der Waals surface area contributed by atoms with Crippen LogP contribution in [0, 0.1) is 0 Å². The van der Waals surface area contributed by atoms with Crippen molar-refractivity contribution in [3.05, 3.63) is 40.5 Å². The van der Waals surface area contributed by atoms with E-state index in [9.17, 15) is 4.79 Å². The smallest absolute Gasteiger partial charge is 0.340 e. The van der Waals surface area contributed by atoms with Crippen molar-refractivity contribution in [2.75, 3.05) is 20.2 Å². The van der Waals surface area contributed by atoms with Gasteiger partial charge in [-0.3, -0.25) is 0 Å². The van der Waals surface area contributed by atoms with Gasteiger partial charge in [0.2, 0.25) is 0 Å². The van der Waals surface area contributed by atoms with E-state index in [4.69, 9.17) is 16.3 Å². The quantitative estimate of drug-likeness (QED) is 0.628. The lowest BCUT2D eigenvalue weighted by Gasteiger charge is -2.18. The minimum atomic E-state index is -0.270. The summed E-state index contributed by atoms with van der Waals surface area (Å²) in [7, 11) is 2.01. The van der Waals surface area contributed by atoms with Crippen LogP contribution in [0.15, 0.2) is 30.0 Å². The highest BCUT2D eigenvalue weighted by molar-refractivity contribution is 6.31. The second-order valence-corrected chi connectivity index (χ2v) is 5.01. The summed E-state index contributed by atoms with van der Waals surface area (Å²) in [6, 6.07) is 7.37. The normalized spacial score (nSPS) is 17.5. The molecular formula is C15H18ClNO2. The second-order valence-electron chi connectivity index (χ2n) is 4.58. The van der Waals surface area contributed by atoms with Gasteiger partial charge in [-0.2, -0.15) is 0 Å². The molecule has 1 aliphatic heterocycles. The van der Waals surface area contributed by atoms with Crippen molar-refractivity contribution >= 4 is 23.1 Å². The van der Waals surface area contributed by atoms with Crippen molar-refractivity contribution in [1.29, 1.82) is 0 Å². The fraction of sp³-hybridized carbons (Fsp3) is 0.400. The molecule has 0 spiro atoms. The molecule has 19 heavy (non-hydrogen) atoms. The Morgan fingerprint density at radius 3 is 2.84 bits per heavy atom. The van der Waals surface area contributed by atoms with Gasteiger partial charge in [-0.1, -0.05) is 23.7 Å². The van der Waals surface area contributed by atoms with Crippen molar-refractivity contribution in [1.82, 2.24) is 4.90 Å². The molecule has 4 heteroatoms. The number of allylic oxidation sites excluding steroid dienone is 1. The molecule has 0 saturated carbocycles. The van der Waals surface area contributed by atoms with Crippen LogP contribution in [0.5, 0.6) is 0 Å². The second kappa shape index (κ2) is 6.11. The molecule has 0 atom stereocenters. The van der Waals surface area contributed by atoms with E-state index in [-0.39, 0.29) is 5.97 Å². The van der Waals surface area contributed by atoms with E-state index in [1.165, 1.54) is 0 Å². The number of carbonyl (C=O) groups excluding carboxylic acids is 1. The number of nitrogens with zero attached hydrogens (tertiary/aromatic N) is 1. The van der Waals surface area contributed by atoms with E-state index in [0.29, 0.717) is 17.2 Å². The van der Waals surface area contributed by atoms with Gasteiger partial charge in [0.15, 0.2) is 0 Å². The lowest BCUT2D eigenvalue weighted by Crippen LogP contribution is -2.17. The molecule has 1 fully saturated rings. The van der Waals surface area contributed by atoms with Crippen LogP contribution in [-0.4, -0.2) is 31.1 Å². The Bertz CT molecular complexity index is 511. The van der Waals surface area contributed by atoms with Gasteiger partial charge in [-0.25, -0.2) is 4.79 Å². The van der Waals surface area contributed by atoms with Crippen LogP contribution >= 0.6 is 11.6 Å². The first kappa shape index (κ1) is 13.9. The standard InChI is InChI=1S/C15H18ClNO2/c1-3-19-15(18)14(13-8-5-9-17(13)2)11-6-4-7-12(16)10-11/h4,6-7,10H,3,5,8-9H2,1-2H3/b14-13-. The van der Waals surface area contributed by atoms with E-state index in [1.54, 1.807) is 6.07 Å². The molecule has 0 unspecified atom stereocenters. The van der Waals surface area contributed by atoms with Crippen LogP contribution in [0.25, 0.3) is 5.57 Å². The SMILES string of the molecule is CCOC(=O)/C(=C1/CCCN1C)c1cccc(Cl)c1.